The number of aliphatic hydroxyl groups is 3. The highest BCUT2D eigenvalue weighted by Crippen LogP contribution is 2.18. The molecule has 0 aromatic heterocycles. The Morgan fingerprint density at radius 2 is 1.47 bits per heavy atom. The minimum absolute atomic E-state index is 0.156. The Balaban J connectivity index is 0. The highest BCUT2D eigenvalue weighted by Gasteiger charge is 2.24. The summed E-state index contributed by atoms with van der Waals surface area (Å²) in [4.78, 5) is 9.60. The molecule has 0 heterocycles. The number of rotatable bonds is 5. The summed E-state index contributed by atoms with van der Waals surface area (Å²) >= 11 is 0. The Bertz CT molecular complexity index is 166. The molecule has 0 radical (unpaired) electrons. The van der Waals surface area contributed by atoms with Crippen LogP contribution in [0.5, 0.6) is 0 Å². The van der Waals surface area contributed by atoms with E-state index >= 15 is 0 Å². The van der Waals surface area contributed by atoms with E-state index in [4.69, 9.17) is 20.4 Å². The van der Waals surface area contributed by atoms with E-state index in [9.17, 15) is 4.79 Å². The summed E-state index contributed by atoms with van der Waals surface area (Å²) in [6, 6.07) is 0. The van der Waals surface area contributed by atoms with E-state index in [-0.39, 0.29) is 25.4 Å². The zero-order chi connectivity index (χ0) is 12.5. The van der Waals surface area contributed by atoms with Crippen molar-refractivity contribution in [1.29, 1.82) is 0 Å². The number of aliphatic hydroxyl groups excluding tert-OH is 3. The van der Waals surface area contributed by atoms with Crippen molar-refractivity contribution in [3.63, 3.8) is 0 Å². The summed E-state index contributed by atoms with van der Waals surface area (Å²) in [5, 5.41) is 33.9. The summed E-state index contributed by atoms with van der Waals surface area (Å²) < 4.78 is 0. The first kappa shape index (κ1) is 16.5. The summed E-state index contributed by atoms with van der Waals surface area (Å²) in [6.45, 7) is 5.96. The minimum atomic E-state index is -0.935. The number of carbonyl (C=O) groups is 1. The molecule has 0 aliphatic rings. The zero-order valence-electron chi connectivity index (χ0n) is 9.23. The molecule has 4 N–H and O–H groups in total. The first-order valence-corrected chi connectivity index (χ1v) is 4.60. The zero-order valence-corrected chi connectivity index (χ0v) is 9.23. The largest absolute Gasteiger partial charge is 0.478 e. The molecule has 0 aromatic rings. The topological polar surface area (TPSA) is 98.0 Å². The molecule has 0 aliphatic carbocycles. The first-order chi connectivity index (χ1) is 6.89. The Labute approximate surface area is 89.7 Å². The van der Waals surface area contributed by atoms with Crippen LogP contribution in [0.25, 0.3) is 0 Å². The van der Waals surface area contributed by atoms with Gasteiger partial charge in [-0.15, -0.1) is 0 Å². The van der Waals surface area contributed by atoms with Crippen LogP contribution in [-0.2, 0) is 4.79 Å². The molecule has 15 heavy (non-hydrogen) atoms. The molecule has 0 fully saturated rings. The molecule has 0 amide bonds. The van der Waals surface area contributed by atoms with Gasteiger partial charge in [-0.3, -0.25) is 0 Å². The lowest BCUT2D eigenvalue weighted by atomic mass is 9.88. The molecule has 0 unspecified atom stereocenters. The van der Waals surface area contributed by atoms with Gasteiger partial charge in [0, 0.05) is 11.0 Å². The number of carboxylic acids is 1. The average Bonchev–Trinajstić information content (AvgIpc) is 2.23. The maximum atomic E-state index is 9.60. The lowest BCUT2D eigenvalue weighted by Crippen LogP contribution is -2.32. The van der Waals surface area contributed by atoms with Crippen LogP contribution in [0, 0.1) is 5.41 Å². The highest BCUT2D eigenvalue weighted by molar-refractivity contribution is 5.84. The molecule has 0 aliphatic heterocycles. The van der Waals surface area contributed by atoms with Gasteiger partial charge in [-0.25, -0.2) is 4.79 Å². The molecular weight excluding hydrogens is 200 g/mol. The predicted octanol–water partition coefficient (Wildman–Crippen LogP) is 0.00680. The van der Waals surface area contributed by atoms with Gasteiger partial charge in [0.2, 0.25) is 0 Å². The first-order valence-electron chi connectivity index (χ1n) is 4.60. The molecule has 0 atom stereocenters. The fraction of sp³-hybridized carbons (Fsp3) is 0.700. The van der Waals surface area contributed by atoms with Crippen molar-refractivity contribution in [3.05, 3.63) is 12.2 Å². The lowest BCUT2D eigenvalue weighted by molar-refractivity contribution is -0.132. The van der Waals surface area contributed by atoms with Gasteiger partial charge in [0.25, 0.3) is 0 Å². The van der Waals surface area contributed by atoms with Crippen molar-refractivity contribution in [2.75, 3.05) is 19.8 Å². The van der Waals surface area contributed by atoms with Crippen molar-refractivity contribution in [2.24, 2.45) is 5.41 Å². The van der Waals surface area contributed by atoms with E-state index in [1.165, 1.54) is 6.92 Å². The van der Waals surface area contributed by atoms with Crippen LogP contribution in [0.3, 0.4) is 0 Å². The van der Waals surface area contributed by atoms with Crippen molar-refractivity contribution in [2.45, 2.75) is 20.3 Å². The van der Waals surface area contributed by atoms with Gasteiger partial charge in [0.15, 0.2) is 0 Å². The Kier molecular flexibility index (Phi) is 9.25. The SMILES string of the molecule is C=C(C)C(=O)O.CCC(CO)(CO)CO. The van der Waals surface area contributed by atoms with E-state index in [1.807, 2.05) is 6.92 Å². The van der Waals surface area contributed by atoms with Crippen molar-refractivity contribution >= 4 is 5.97 Å². The molecule has 0 aromatic carbocycles. The predicted molar refractivity (Wildman–Crippen MR) is 56.4 cm³/mol. The third-order valence-electron chi connectivity index (χ3n) is 2.12. The van der Waals surface area contributed by atoms with Crippen LogP contribution in [0.4, 0.5) is 0 Å². The Hall–Kier alpha value is -0.910. The molecule has 0 rings (SSSR count). The van der Waals surface area contributed by atoms with Gasteiger partial charge in [0.1, 0.15) is 0 Å². The van der Waals surface area contributed by atoms with Crippen LogP contribution >= 0.6 is 0 Å². The highest BCUT2D eigenvalue weighted by atomic mass is 16.4. The van der Waals surface area contributed by atoms with Gasteiger partial charge < -0.3 is 20.4 Å². The fourth-order valence-electron chi connectivity index (χ4n) is 0.485. The van der Waals surface area contributed by atoms with Gasteiger partial charge in [0.05, 0.1) is 19.8 Å². The van der Waals surface area contributed by atoms with E-state index in [0.717, 1.165) is 0 Å². The Morgan fingerprint density at radius 1 is 1.20 bits per heavy atom. The summed E-state index contributed by atoms with van der Waals surface area (Å²) in [6.07, 6.45) is 0.594. The number of carboxylic acid groups (broad SMARTS) is 1. The molecule has 0 saturated carbocycles. The maximum absolute atomic E-state index is 9.60. The standard InChI is InChI=1S/C6H14O3.C4H6O2/c1-2-6(3-7,4-8)5-9;1-3(2)4(5)6/h7-9H,2-5H2,1H3;1H2,2H3,(H,5,6). The van der Waals surface area contributed by atoms with Crippen LogP contribution in [0.2, 0.25) is 0 Å². The van der Waals surface area contributed by atoms with Gasteiger partial charge in [-0.2, -0.15) is 0 Å². The van der Waals surface area contributed by atoms with Gasteiger partial charge in [-0.05, 0) is 13.3 Å². The number of hydrogen-bond acceptors (Lipinski definition) is 4. The molecule has 5 nitrogen and oxygen atoms in total. The van der Waals surface area contributed by atoms with Crippen LogP contribution < -0.4 is 0 Å². The third kappa shape index (κ3) is 7.07. The normalized spacial score (nSPS) is 10.2. The van der Waals surface area contributed by atoms with Gasteiger partial charge >= 0.3 is 5.97 Å². The second kappa shape index (κ2) is 8.40. The van der Waals surface area contributed by atoms with Crippen molar-refractivity contribution < 1.29 is 25.2 Å². The molecule has 0 spiro atoms. The van der Waals surface area contributed by atoms with Crippen LogP contribution in [0.15, 0.2) is 12.2 Å². The number of aliphatic carboxylic acids is 1. The molecule has 0 saturated heterocycles. The summed E-state index contributed by atoms with van der Waals surface area (Å²) in [5.41, 5.74) is -0.491. The quantitative estimate of drug-likeness (QED) is 0.489. The smallest absolute Gasteiger partial charge is 0.330 e. The van der Waals surface area contributed by atoms with Crippen molar-refractivity contribution in [3.8, 4) is 0 Å². The Morgan fingerprint density at radius 3 is 1.47 bits per heavy atom. The third-order valence-corrected chi connectivity index (χ3v) is 2.12. The van der Waals surface area contributed by atoms with E-state index in [1.54, 1.807) is 0 Å². The molecule has 0 bridgehead atoms. The van der Waals surface area contributed by atoms with Crippen LogP contribution in [-0.4, -0.2) is 46.2 Å². The monoisotopic (exact) mass is 220 g/mol. The maximum Gasteiger partial charge on any atom is 0.330 e. The van der Waals surface area contributed by atoms with E-state index in [2.05, 4.69) is 6.58 Å². The fourth-order valence-corrected chi connectivity index (χ4v) is 0.485. The molecular formula is C10H20O5. The molecule has 5 heteroatoms. The van der Waals surface area contributed by atoms with Gasteiger partial charge in [-0.1, -0.05) is 13.5 Å². The number of hydrogen-bond donors (Lipinski definition) is 4. The average molecular weight is 220 g/mol. The van der Waals surface area contributed by atoms with E-state index < -0.39 is 11.4 Å². The van der Waals surface area contributed by atoms with Crippen molar-refractivity contribution in [1.82, 2.24) is 0 Å². The summed E-state index contributed by atoms with van der Waals surface area (Å²) in [7, 11) is 0. The van der Waals surface area contributed by atoms with Crippen LogP contribution in [0.1, 0.15) is 20.3 Å². The minimum Gasteiger partial charge on any atom is -0.478 e. The second-order valence-electron chi connectivity index (χ2n) is 3.41. The van der Waals surface area contributed by atoms with E-state index in [0.29, 0.717) is 6.42 Å². The lowest BCUT2D eigenvalue weighted by Gasteiger charge is -2.24. The second-order valence-corrected chi connectivity index (χ2v) is 3.41. The molecule has 90 valence electrons. The summed E-state index contributed by atoms with van der Waals surface area (Å²) in [5.74, 6) is -0.935.